The molecule has 5 nitrogen and oxygen atoms in total. The van der Waals surface area contributed by atoms with E-state index in [1.807, 2.05) is 23.1 Å². The highest BCUT2D eigenvalue weighted by molar-refractivity contribution is 5.85. The van der Waals surface area contributed by atoms with E-state index in [0.717, 1.165) is 36.7 Å². The SMILES string of the molecule is C[C@H]1CNCCN1C(=O)Cc1ccc2c(c1)OCCO2.Cl. The largest absolute Gasteiger partial charge is 0.486 e. The minimum Gasteiger partial charge on any atom is -0.486 e. The number of amides is 1. The van der Waals surface area contributed by atoms with E-state index >= 15 is 0 Å². The van der Waals surface area contributed by atoms with E-state index < -0.39 is 0 Å². The van der Waals surface area contributed by atoms with E-state index in [-0.39, 0.29) is 24.4 Å². The van der Waals surface area contributed by atoms with E-state index in [1.54, 1.807) is 0 Å². The maximum atomic E-state index is 12.4. The molecule has 21 heavy (non-hydrogen) atoms. The van der Waals surface area contributed by atoms with Crippen LogP contribution in [0, 0.1) is 0 Å². The fourth-order valence-corrected chi connectivity index (χ4v) is 2.69. The molecule has 116 valence electrons. The number of nitrogens with one attached hydrogen (secondary N) is 1. The Balaban J connectivity index is 0.00000161. The lowest BCUT2D eigenvalue weighted by Crippen LogP contribution is -2.52. The third-order valence-electron chi connectivity index (χ3n) is 3.78. The van der Waals surface area contributed by atoms with Crippen molar-refractivity contribution in [2.45, 2.75) is 19.4 Å². The van der Waals surface area contributed by atoms with Crippen molar-refractivity contribution in [1.82, 2.24) is 10.2 Å². The van der Waals surface area contributed by atoms with Crippen LogP contribution in [0.5, 0.6) is 11.5 Å². The third-order valence-corrected chi connectivity index (χ3v) is 3.78. The number of benzene rings is 1. The van der Waals surface area contributed by atoms with Gasteiger partial charge in [-0.2, -0.15) is 0 Å². The second kappa shape index (κ2) is 7.00. The van der Waals surface area contributed by atoms with E-state index in [9.17, 15) is 4.79 Å². The number of nitrogens with zero attached hydrogens (tertiary/aromatic N) is 1. The van der Waals surface area contributed by atoms with Crippen LogP contribution in [0.3, 0.4) is 0 Å². The molecule has 2 aliphatic rings. The molecule has 1 saturated heterocycles. The molecule has 1 amide bonds. The molecule has 0 aliphatic carbocycles. The summed E-state index contributed by atoms with van der Waals surface area (Å²) in [6.07, 6.45) is 0.418. The number of ether oxygens (including phenoxy) is 2. The summed E-state index contributed by atoms with van der Waals surface area (Å²) in [4.78, 5) is 14.3. The summed E-state index contributed by atoms with van der Waals surface area (Å²) in [7, 11) is 0. The van der Waals surface area contributed by atoms with Gasteiger partial charge in [0.15, 0.2) is 11.5 Å². The van der Waals surface area contributed by atoms with Gasteiger partial charge in [-0.05, 0) is 24.6 Å². The molecule has 2 aliphatic heterocycles. The number of hydrogen-bond donors (Lipinski definition) is 1. The zero-order valence-corrected chi connectivity index (χ0v) is 12.9. The van der Waals surface area contributed by atoms with Crippen molar-refractivity contribution in [1.29, 1.82) is 0 Å². The molecule has 0 unspecified atom stereocenters. The van der Waals surface area contributed by atoms with Gasteiger partial charge in [0.05, 0.1) is 6.42 Å². The summed E-state index contributed by atoms with van der Waals surface area (Å²) in [5.41, 5.74) is 0.977. The number of rotatable bonds is 2. The molecule has 1 atom stereocenters. The summed E-state index contributed by atoms with van der Waals surface area (Å²) in [6, 6.07) is 6.00. The van der Waals surface area contributed by atoms with Gasteiger partial charge in [0.1, 0.15) is 13.2 Å². The van der Waals surface area contributed by atoms with Crippen LogP contribution >= 0.6 is 12.4 Å². The van der Waals surface area contributed by atoms with Crippen molar-refractivity contribution in [3.05, 3.63) is 23.8 Å². The Morgan fingerprint density at radius 2 is 2.10 bits per heavy atom. The molecule has 1 aromatic carbocycles. The first-order chi connectivity index (χ1) is 9.74. The third kappa shape index (κ3) is 3.60. The van der Waals surface area contributed by atoms with Gasteiger partial charge in [0.2, 0.25) is 5.91 Å². The number of hydrogen-bond acceptors (Lipinski definition) is 4. The van der Waals surface area contributed by atoms with Crippen molar-refractivity contribution in [2.75, 3.05) is 32.8 Å². The van der Waals surface area contributed by atoms with Gasteiger partial charge in [-0.15, -0.1) is 12.4 Å². The van der Waals surface area contributed by atoms with Crippen molar-refractivity contribution >= 4 is 18.3 Å². The fraction of sp³-hybridized carbons (Fsp3) is 0.533. The van der Waals surface area contributed by atoms with Crippen LogP contribution in [0.4, 0.5) is 0 Å². The van der Waals surface area contributed by atoms with Crippen molar-refractivity contribution in [3.8, 4) is 11.5 Å². The molecule has 3 rings (SSSR count). The van der Waals surface area contributed by atoms with Crippen LogP contribution in [0.1, 0.15) is 12.5 Å². The maximum Gasteiger partial charge on any atom is 0.227 e. The Labute approximate surface area is 131 Å². The molecule has 1 fully saturated rings. The van der Waals surface area contributed by atoms with Gasteiger partial charge in [0.25, 0.3) is 0 Å². The maximum absolute atomic E-state index is 12.4. The van der Waals surface area contributed by atoms with E-state index in [2.05, 4.69) is 12.2 Å². The number of fused-ring (bicyclic) bond motifs is 1. The number of halogens is 1. The monoisotopic (exact) mass is 312 g/mol. The van der Waals surface area contributed by atoms with Crippen molar-refractivity contribution < 1.29 is 14.3 Å². The van der Waals surface area contributed by atoms with Crippen LogP contribution in [0.2, 0.25) is 0 Å². The highest BCUT2D eigenvalue weighted by atomic mass is 35.5. The Kier molecular flexibility index (Phi) is 5.31. The molecule has 2 heterocycles. The fourth-order valence-electron chi connectivity index (χ4n) is 2.69. The van der Waals surface area contributed by atoms with E-state index in [1.165, 1.54) is 0 Å². The summed E-state index contributed by atoms with van der Waals surface area (Å²) in [5, 5.41) is 3.29. The normalized spacial score (nSPS) is 20.6. The molecule has 1 N–H and O–H groups in total. The first-order valence-electron chi connectivity index (χ1n) is 7.13. The summed E-state index contributed by atoms with van der Waals surface area (Å²) < 4.78 is 11.0. The first-order valence-corrected chi connectivity index (χ1v) is 7.13. The van der Waals surface area contributed by atoms with Crippen LogP contribution < -0.4 is 14.8 Å². The molecule has 0 radical (unpaired) electrons. The quantitative estimate of drug-likeness (QED) is 0.893. The summed E-state index contributed by atoms with van der Waals surface area (Å²) in [5.74, 6) is 1.69. The highest BCUT2D eigenvalue weighted by Gasteiger charge is 2.23. The molecule has 0 bridgehead atoms. The van der Waals surface area contributed by atoms with E-state index in [4.69, 9.17) is 9.47 Å². The Bertz CT molecular complexity index is 510. The Hall–Kier alpha value is -1.46. The number of carbonyl (C=O) groups excluding carboxylic acids is 1. The van der Waals surface area contributed by atoms with Crippen molar-refractivity contribution in [2.24, 2.45) is 0 Å². The van der Waals surface area contributed by atoms with Crippen LogP contribution in [-0.2, 0) is 11.2 Å². The minimum atomic E-state index is 0. The van der Waals surface area contributed by atoms with Crippen molar-refractivity contribution in [3.63, 3.8) is 0 Å². The van der Waals surface area contributed by atoms with Gasteiger partial charge in [0, 0.05) is 25.7 Å². The van der Waals surface area contributed by atoms with Gasteiger partial charge in [-0.3, -0.25) is 4.79 Å². The molecule has 1 aromatic rings. The van der Waals surface area contributed by atoms with Gasteiger partial charge in [-0.25, -0.2) is 0 Å². The van der Waals surface area contributed by atoms with Crippen LogP contribution in [0.15, 0.2) is 18.2 Å². The lowest BCUT2D eigenvalue weighted by Gasteiger charge is -2.34. The van der Waals surface area contributed by atoms with E-state index in [0.29, 0.717) is 19.6 Å². The lowest BCUT2D eigenvalue weighted by molar-refractivity contribution is -0.133. The summed E-state index contributed by atoms with van der Waals surface area (Å²) >= 11 is 0. The number of carbonyl (C=O) groups is 1. The summed E-state index contributed by atoms with van der Waals surface area (Å²) in [6.45, 7) is 5.76. The predicted molar refractivity (Wildman–Crippen MR) is 82.4 cm³/mol. The average Bonchev–Trinajstić information content (AvgIpc) is 2.47. The highest BCUT2D eigenvalue weighted by Crippen LogP contribution is 2.31. The second-order valence-corrected chi connectivity index (χ2v) is 5.30. The average molecular weight is 313 g/mol. The van der Waals surface area contributed by atoms with Crippen LogP contribution in [-0.4, -0.2) is 49.7 Å². The zero-order valence-electron chi connectivity index (χ0n) is 12.1. The van der Waals surface area contributed by atoms with Crippen LogP contribution in [0.25, 0.3) is 0 Å². The first kappa shape index (κ1) is 15.9. The number of piperazine rings is 1. The van der Waals surface area contributed by atoms with Gasteiger partial charge >= 0.3 is 0 Å². The van der Waals surface area contributed by atoms with Gasteiger partial charge in [-0.1, -0.05) is 6.07 Å². The predicted octanol–water partition coefficient (Wildman–Crippen LogP) is 1.24. The molecular formula is C15H21ClN2O3. The molecule has 6 heteroatoms. The molecule has 0 aromatic heterocycles. The smallest absolute Gasteiger partial charge is 0.227 e. The standard InChI is InChI=1S/C15H20N2O3.ClH/c1-11-10-16-4-5-17(11)15(18)9-12-2-3-13-14(8-12)20-7-6-19-13;/h2-3,8,11,16H,4-7,9-10H2,1H3;1H/t11-;/m0./s1. The molecule has 0 spiro atoms. The Morgan fingerprint density at radius 3 is 2.86 bits per heavy atom. The topological polar surface area (TPSA) is 50.8 Å². The lowest BCUT2D eigenvalue weighted by atomic mass is 10.1. The Morgan fingerprint density at radius 1 is 1.33 bits per heavy atom. The molecule has 0 saturated carbocycles. The second-order valence-electron chi connectivity index (χ2n) is 5.30. The van der Waals surface area contributed by atoms with Gasteiger partial charge < -0.3 is 19.7 Å². The minimum absolute atomic E-state index is 0. The molecular weight excluding hydrogens is 292 g/mol. The zero-order chi connectivity index (χ0) is 13.9.